The van der Waals surface area contributed by atoms with Gasteiger partial charge in [-0.2, -0.15) is 0 Å². The lowest BCUT2D eigenvalue weighted by Crippen LogP contribution is -2.27. The number of nitrogens with zero attached hydrogens (tertiary/aromatic N) is 1. The smallest absolute Gasteiger partial charge is 0.257 e. The highest BCUT2D eigenvalue weighted by Gasteiger charge is 2.24. The third-order valence-corrected chi connectivity index (χ3v) is 4.08. The van der Waals surface area contributed by atoms with Crippen LogP contribution in [0.15, 0.2) is 56.1 Å². The molecule has 5 nitrogen and oxygen atoms in total. The number of halogens is 1. The number of carbonyl (C=O) groups excluding carboxylic acids is 1. The largest absolute Gasteiger partial charge is 0.461 e. The van der Waals surface area contributed by atoms with Gasteiger partial charge in [0.1, 0.15) is 5.56 Å². The molecule has 1 N–H and O–H groups in total. The summed E-state index contributed by atoms with van der Waals surface area (Å²) in [4.78, 5) is 12.6. The zero-order valence-electron chi connectivity index (χ0n) is 12.7. The molecule has 1 amide bonds. The van der Waals surface area contributed by atoms with Crippen molar-refractivity contribution < 1.29 is 13.7 Å². The van der Waals surface area contributed by atoms with Crippen LogP contribution < -0.4 is 5.32 Å². The molecule has 0 saturated carbocycles. The minimum atomic E-state index is -0.245. The van der Waals surface area contributed by atoms with E-state index < -0.39 is 0 Å². The SMILES string of the molecule is Cc1noc(-c2ccco2)c1C(=O)NC(C)c1ccc(Br)cc1. The summed E-state index contributed by atoms with van der Waals surface area (Å²) < 4.78 is 11.6. The highest BCUT2D eigenvalue weighted by Crippen LogP contribution is 2.27. The summed E-state index contributed by atoms with van der Waals surface area (Å²) >= 11 is 3.40. The standard InChI is InChI=1S/C17H15BrN2O3/c1-10(12-5-7-13(18)8-6-12)19-17(21)15-11(2)20-23-16(15)14-4-3-9-22-14/h3-10H,1-2H3,(H,19,21). The quantitative estimate of drug-likeness (QED) is 0.729. The average Bonchev–Trinajstić information content (AvgIpc) is 3.16. The molecule has 3 rings (SSSR count). The number of rotatable bonds is 4. The van der Waals surface area contributed by atoms with Crippen LogP contribution in [0.3, 0.4) is 0 Å². The van der Waals surface area contributed by atoms with Crippen molar-refractivity contribution in [1.29, 1.82) is 0 Å². The van der Waals surface area contributed by atoms with Gasteiger partial charge in [-0.05, 0) is 43.7 Å². The number of hydrogen-bond donors (Lipinski definition) is 1. The highest BCUT2D eigenvalue weighted by molar-refractivity contribution is 9.10. The molecule has 2 heterocycles. The first-order chi connectivity index (χ1) is 11.1. The van der Waals surface area contributed by atoms with E-state index in [2.05, 4.69) is 26.4 Å². The fourth-order valence-electron chi connectivity index (χ4n) is 2.32. The van der Waals surface area contributed by atoms with Crippen LogP contribution in [0.1, 0.15) is 34.6 Å². The van der Waals surface area contributed by atoms with E-state index in [0.717, 1.165) is 10.0 Å². The predicted octanol–water partition coefficient (Wildman–Crippen LogP) is 4.50. The first-order valence-electron chi connectivity index (χ1n) is 7.12. The fraction of sp³-hybridized carbons (Fsp3) is 0.176. The Hall–Kier alpha value is -2.34. The zero-order chi connectivity index (χ0) is 16.4. The summed E-state index contributed by atoms with van der Waals surface area (Å²) in [6, 6.07) is 11.1. The molecule has 0 spiro atoms. The molecule has 1 atom stereocenters. The minimum absolute atomic E-state index is 0.144. The highest BCUT2D eigenvalue weighted by atomic mass is 79.9. The van der Waals surface area contributed by atoms with Gasteiger partial charge in [0.15, 0.2) is 5.76 Å². The molecule has 0 radical (unpaired) electrons. The van der Waals surface area contributed by atoms with E-state index in [1.807, 2.05) is 31.2 Å². The number of aromatic nitrogens is 1. The molecule has 1 unspecified atom stereocenters. The van der Waals surface area contributed by atoms with E-state index in [9.17, 15) is 4.79 Å². The van der Waals surface area contributed by atoms with Gasteiger partial charge < -0.3 is 14.3 Å². The van der Waals surface area contributed by atoms with Crippen molar-refractivity contribution in [2.75, 3.05) is 0 Å². The van der Waals surface area contributed by atoms with Crippen LogP contribution in [0.2, 0.25) is 0 Å². The Balaban J connectivity index is 1.84. The summed E-state index contributed by atoms with van der Waals surface area (Å²) in [5.41, 5.74) is 1.93. The van der Waals surface area contributed by atoms with Crippen molar-refractivity contribution in [3.8, 4) is 11.5 Å². The second-order valence-electron chi connectivity index (χ2n) is 5.20. The molecule has 0 bridgehead atoms. The van der Waals surface area contributed by atoms with E-state index in [1.165, 1.54) is 6.26 Å². The second-order valence-corrected chi connectivity index (χ2v) is 6.11. The number of aryl methyl sites for hydroxylation is 1. The molecule has 0 saturated heterocycles. The van der Waals surface area contributed by atoms with Crippen LogP contribution in [0.5, 0.6) is 0 Å². The summed E-state index contributed by atoms with van der Waals surface area (Å²) in [6.07, 6.45) is 1.53. The van der Waals surface area contributed by atoms with Crippen molar-refractivity contribution in [1.82, 2.24) is 10.5 Å². The fourth-order valence-corrected chi connectivity index (χ4v) is 2.58. The van der Waals surface area contributed by atoms with Crippen molar-refractivity contribution in [3.63, 3.8) is 0 Å². The average molecular weight is 375 g/mol. The van der Waals surface area contributed by atoms with Gasteiger partial charge in [0.05, 0.1) is 18.0 Å². The van der Waals surface area contributed by atoms with Crippen molar-refractivity contribution in [2.24, 2.45) is 0 Å². The molecule has 23 heavy (non-hydrogen) atoms. The first-order valence-corrected chi connectivity index (χ1v) is 7.92. The normalized spacial score (nSPS) is 12.1. The van der Waals surface area contributed by atoms with Crippen LogP contribution in [-0.4, -0.2) is 11.1 Å². The molecule has 0 fully saturated rings. The monoisotopic (exact) mass is 374 g/mol. The topological polar surface area (TPSA) is 68.3 Å². The Labute approximate surface area is 141 Å². The van der Waals surface area contributed by atoms with Crippen LogP contribution in [0.25, 0.3) is 11.5 Å². The van der Waals surface area contributed by atoms with Gasteiger partial charge in [-0.1, -0.05) is 33.2 Å². The maximum Gasteiger partial charge on any atom is 0.257 e. The van der Waals surface area contributed by atoms with Gasteiger partial charge in [-0.15, -0.1) is 0 Å². The van der Waals surface area contributed by atoms with Gasteiger partial charge >= 0.3 is 0 Å². The number of benzene rings is 1. The summed E-state index contributed by atoms with van der Waals surface area (Å²) in [7, 11) is 0. The Morgan fingerprint density at radius 2 is 2.00 bits per heavy atom. The minimum Gasteiger partial charge on any atom is -0.461 e. The van der Waals surface area contributed by atoms with Crippen LogP contribution in [0.4, 0.5) is 0 Å². The molecule has 0 aliphatic rings. The van der Waals surface area contributed by atoms with E-state index in [1.54, 1.807) is 19.1 Å². The molecule has 1 aromatic carbocycles. The Bertz CT molecular complexity index is 807. The first kappa shape index (κ1) is 15.6. The second kappa shape index (κ2) is 6.42. The van der Waals surface area contributed by atoms with Crippen LogP contribution in [-0.2, 0) is 0 Å². The number of carbonyl (C=O) groups is 1. The van der Waals surface area contributed by atoms with E-state index in [4.69, 9.17) is 8.94 Å². The Morgan fingerprint density at radius 3 is 2.65 bits per heavy atom. The lowest BCUT2D eigenvalue weighted by molar-refractivity contribution is 0.0939. The third-order valence-electron chi connectivity index (χ3n) is 3.55. The molecule has 0 aliphatic carbocycles. The van der Waals surface area contributed by atoms with E-state index >= 15 is 0 Å². The predicted molar refractivity (Wildman–Crippen MR) is 89.0 cm³/mol. The Morgan fingerprint density at radius 1 is 1.26 bits per heavy atom. The van der Waals surface area contributed by atoms with Gasteiger partial charge in [-0.25, -0.2) is 0 Å². The van der Waals surface area contributed by atoms with Crippen molar-refractivity contribution in [3.05, 3.63) is 64.0 Å². The molecule has 0 aliphatic heterocycles. The maximum atomic E-state index is 12.6. The van der Waals surface area contributed by atoms with Crippen molar-refractivity contribution in [2.45, 2.75) is 19.9 Å². The number of furan rings is 1. The Kier molecular flexibility index (Phi) is 4.34. The van der Waals surface area contributed by atoms with E-state index in [-0.39, 0.29) is 11.9 Å². The molecular weight excluding hydrogens is 360 g/mol. The van der Waals surface area contributed by atoms with Gasteiger partial charge in [0.2, 0.25) is 5.76 Å². The van der Waals surface area contributed by atoms with Crippen molar-refractivity contribution >= 4 is 21.8 Å². The lowest BCUT2D eigenvalue weighted by atomic mass is 10.1. The summed E-state index contributed by atoms with van der Waals surface area (Å²) in [6.45, 7) is 3.66. The summed E-state index contributed by atoms with van der Waals surface area (Å²) in [5, 5.41) is 6.85. The summed E-state index contributed by atoms with van der Waals surface area (Å²) in [5.74, 6) is 0.575. The third kappa shape index (κ3) is 3.22. The van der Waals surface area contributed by atoms with Gasteiger partial charge in [0.25, 0.3) is 5.91 Å². The van der Waals surface area contributed by atoms with E-state index in [0.29, 0.717) is 22.8 Å². The molecular formula is C17H15BrN2O3. The van der Waals surface area contributed by atoms with Crippen LogP contribution >= 0.6 is 15.9 Å². The molecule has 6 heteroatoms. The lowest BCUT2D eigenvalue weighted by Gasteiger charge is -2.14. The van der Waals surface area contributed by atoms with Gasteiger partial charge in [0, 0.05) is 4.47 Å². The number of hydrogen-bond acceptors (Lipinski definition) is 4. The number of nitrogens with one attached hydrogen (secondary N) is 1. The zero-order valence-corrected chi connectivity index (χ0v) is 14.3. The molecule has 3 aromatic rings. The molecule has 2 aromatic heterocycles. The van der Waals surface area contributed by atoms with Crippen LogP contribution in [0, 0.1) is 6.92 Å². The number of amides is 1. The molecule has 118 valence electrons. The van der Waals surface area contributed by atoms with Gasteiger partial charge in [-0.3, -0.25) is 4.79 Å². The maximum absolute atomic E-state index is 12.6.